The van der Waals surface area contributed by atoms with E-state index >= 15 is 0 Å². The molecule has 4 fully saturated rings. The smallest absolute Gasteiger partial charge is 0.0577 e. The molecule has 0 radical (unpaired) electrons. The average molecular weight is 405 g/mol. The van der Waals surface area contributed by atoms with Gasteiger partial charge in [-0.1, -0.05) is 53.9 Å². The highest BCUT2D eigenvalue weighted by Gasteiger charge is 2.62. The van der Waals surface area contributed by atoms with Gasteiger partial charge in [0.2, 0.25) is 0 Å². The molecule has 0 bridgehead atoms. The van der Waals surface area contributed by atoms with Gasteiger partial charge in [-0.3, -0.25) is 0 Å². The Balaban J connectivity index is 1.50. The number of rotatable bonds is 5. The van der Waals surface area contributed by atoms with Crippen LogP contribution in [0.5, 0.6) is 0 Å². The van der Waals surface area contributed by atoms with Gasteiger partial charge in [-0.15, -0.1) is 0 Å². The molecule has 10 atom stereocenters. The molecule has 4 rings (SSSR count). The summed E-state index contributed by atoms with van der Waals surface area (Å²) in [4.78, 5) is 0. The van der Waals surface area contributed by atoms with Crippen molar-refractivity contribution in [3.05, 3.63) is 0 Å². The summed E-state index contributed by atoms with van der Waals surface area (Å²) < 4.78 is 0. The van der Waals surface area contributed by atoms with E-state index in [1.807, 2.05) is 0 Å². The lowest BCUT2D eigenvalue weighted by molar-refractivity contribution is -0.174. The van der Waals surface area contributed by atoms with Gasteiger partial charge in [-0.2, -0.15) is 0 Å². The van der Waals surface area contributed by atoms with Crippen molar-refractivity contribution in [1.82, 2.24) is 0 Å². The predicted molar refractivity (Wildman–Crippen MR) is 120 cm³/mol. The van der Waals surface area contributed by atoms with Crippen LogP contribution in [-0.2, 0) is 0 Å². The monoisotopic (exact) mass is 404 g/mol. The van der Waals surface area contributed by atoms with E-state index in [-0.39, 0.29) is 12.2 Å². The molecular weight excluding hydrogens is 356 g/mol. The fraction of sp³-hybridized carbons (Fsp3) is 1.00. The highest BCUT2D eigenvalue weighted by Crippen LogP contribution is 2.68. The molecule has 0 unspecified atom stereocenters. The molecule has 168 valence electrons. The van der Waals surface area contributed by atoms with Crippen molar-refractivity contribution < 1.29 is 10.2 Å². The molecule has 0 aromatic carbocycles. The van der Waals surface area contributed by atoms with E-state index in [2.05, 4.69) is 34.6 Å². The lowest BCUT2D eigenvalue weighted by Gasteiger charge is -2.62. The molecule has 2 heteroatoms. The maximum Gasteiger partial charge on any atom is 0.0577 e. The standard InChI is InChI=1S/C27H48O2/c1-17(2)7-6-8-18(3)21-9-10-22-25-23(12-14-27(21,22)5)26(4)13-11-20(28)15-19(26)16-24(25)29/h17-25,28-29H,6-16H2,1-5H3/t18-,19-,20-,21-,22+,23+,24-,25+,26+,27-/m1/s1. The molecule has 29 heavy (non-hydrogen) atoms. The largest absolute Gasteiger partial charge is 0.393 e. The number of hydrogen-bond acceptors (Lipinski definition) is 2. The maximum atomic E-state index is 11.4. The van der Waals surface area contributed by atoms with Crippen molar-refractivity contribution in [3.63, 3.8) is 0 Å². The summed E-state index contributed by atoms with van der Waals surface area (Å²) in [6.07, 6.45) is 13.3. The zero-order chi connectivity index (χ0) is 21.0. The van der Waals surface area contributed by atoms with Crippen LogP contribution in [0.25, 0.3) is 0 Å². The van der Waals surface area contributed by atoms with Gasteiger partial charge in [0.05, 0.1) is 12.2 Å². The molecular formula is C27H48O2. The summed E-state index contributed by atoms with van der Waals surface area (Å²) >= 11 is 0. The minimum Gasteiger partial charge on any atom is -0.393 e. The maximum absolute atomic E-state index is 11.4. The van der Waals surface area contributed by atoms with Crippen molar-refractivity contribution >= 4 is 0 Å². The van der Waals surface area contributed by atoms with Gasteiger partial charge in [-0.05, 0) is 104 Å². The zero-order valence-corrected chi connectivity index (χ0v) is 19.9. The Kier molecular flexibility index (Phi) is 6.19. The van der Waals surface area contributed by atoms with Crippen molar-refractivity contribution in [3.8, 4) is 0 Å². The van der Waals surface area contributed by atoms with Crippen molar-refractivity contribution in [2.75, 3.05) is 0 Å². The number of aliphatic hydroxyl groups excluding tert-OH is 2. The molecule has 4 saturated carbocycles. The summed E-state index contributed by atoms with van der Waals surface area (Å²) in [6.45, 7) is 12.4. The quantitative estimate of drug-likeness (QED) is 0.553. The Labute approximate surface area is 180 Å². The fourth-order valence-electron chi connectivity index (χ4n) is 9.22. The van der Waals surface area contributed by atoms with Crippen LogP contribution in [0.1, 0.15) is 105 Å². The molecule has 2 N–H and O–H groups in total. The van der Waals surface area contributed by atoms with Crippen LogP contribution in [0.3, 0.4) is 0 Å². The molecule has 0 amide bonds. The van der Waals surface area contributed by atoms with Gasteiger partial charge >= 0.3 is 0 Å². The average Bonchev–Trinajstić information content (AvgIpc) is 3.00. The third kappa shape index (κ3) is 3.73. The van der Waals surface area contributed by atoms with Crippen LogP contribution in [0.2, 0.25) is 0 Å². The molecule has 0 heterocycles. The first-order chi connectivity index (χ1) is 13.7. The van der Waals surface area contributed by atoms with Crippen LogP contribution in [0.4, 0.5) is 0 Å². The first-order valence-electron chi connectivity index (χ1n) is 13.0. The summed E-state index contributed by atoms with van der Waals surface area (Å²) in [5, 5.41) is 21.6. The van der Waals surface area contributed by atoms with E-state index < -0.39 is 0 Å². The van der Waals surface area contributed by atoms with Crippen LogP contribution in [-0.4, -0.2) is 22.4 Å². The lowest BCUT2D eigenvalue weighted by Crippen LogP contribution is -2.58. The second-order valence-electron chi connectivity index (χ2n) is 12.8. The highest BCUT2D eigenvalue weighted by atomic mass is 16.3. The Morgan fingerprint density at radius 2 is 1.52 bits per heavy atom. The van der Waals surface area contributed by atoms with Gasteiger partial charge in [0.25, 0.3) is 0 Å². The molecule has 4 aliphatic carbocycles. The molecule has 0 saturated heterocycles. The Bertz CT molecular complexity index is 573. The molecule has 4 aliphatic rings. The Hall–Kier alpha value is -0.0800. The van der Waals surface area contributed by atoms with E-state index in [0.29, 0.717) is 28.6 Å². The highest BCUT2D eigenvalue weighted by molar-refractivity contribution is 5.11. The zero-order valence-electron chi connectivity index (χ0n) is 19.9. The topological polar surface area (TPSA) is 40.5 Å². The van der Waals surface area contributed by atoms with Gasteiger partial charge in [-0.25, -0.2) is 0 Å². The van der Waals surface area contributed by atoms with Crippen LogP contribution < -0.4 is 0 Å². The lowest BCUT2D eigenvalue weighted by atomic mass is 9.43. The number of aliphatic hydroxyl groups is 2. The van der Waals surface area contributed by atoms with Crippen LogP contribution in [0, 0.1) is 52.3 Å². The van der Waals surface area contributed by atoms with E-state index in [1.165, 1.54) is 51.4 Å². The van der Waals surface area contributed by atoms with Crippen molar-refractivity contribution in [1.29, 1.82) is 0 Å². The first kappa shape index (κ1) is 22.1. The van der Waals surface area contributed by atoms with Gasteiger partial charge in [0, 0.05) is 0 Å². The molecule has 0 aromatic heterocycles. The van der Waals surface area contributed by atoms with Crippen LogP contribution in [0.15, 0.2) is 0 Å². The molecule has 0 aliphatic heterocycles. The predicted octanol–water partition coefficient (Wildman–Crippen LogP) is 6.44. The summed E-state index contributed by atoms with van der Waals surface area (Å²) in [7, 11) is 0. The molecule has 0 aromatic rings. The fourth-order valence-corrected chi connectivity index (χ4v) is 9.22. The molecule has 0 spiro atoms. The van der Waals surface area contributed by atoms with E-state index in [1.54, 1.807) is 0 Å². The minimum atomic E-state index is -0.136. The minimum absolute atomic E-state index is 0.131. The van der Waals surface area contributed by atoms with Gasteiger partial charge < -0.3 is 10.2 Å². The van der Waals surface area contributed by atoms with E-state index in [0.717, 1.165) is 42.9 Å². The second-order valence-corrected chi connectivity index (χ2v) is 12.8. The van der Waals surface area contributed by atoms with Crippen molar-refractivity contribution in [2.45, 2.75) is 117 Å². The molecule has 2 nitrogen and oxygen atoms in total. The first-order valence-corrected chi connectivity index (χ1v) is 13.0. The second kappa shape index (κ2) is 8.12. The third-order valence-electron chi connectivity index (χ3n) is 10.9. The van der Waals surface area contributed by atoms with Crippen LogP contribution >= 0.6 is 0 Å². The summed E-state index contributed by atoms with van der Waals surface area (Å²) in [5.41, 5.74) is 0.794. The van der Waals surface area contributed by atoms with E-state index in [9.17, 15) is 10.2 Å². The Morgan fingerprint density at radius 3 is 2.24 bits per heavy atom. The normalized spacial score (nSPS) is 50.7. The Morgan fingerprint density at radius 1 is 0.828 bits per heavy atom. The summed E-state index contributed by atoms with van der Waals surface area (Å²) in [5.74, 6) is 4.94. The van der Waals surface area contributed by atoms with Gasteiger partial charge in [0.1, 0.15) is 0 Å². The number of fused-ring (bicyclic) bond motifs is 5. The summed E-state index contributed by atoms with van der Waals surface area (Å²) in [6, 6.07) is 0. The van der Waals surface area contributed by atoms with Crippen molar-refractivity contribution in [2.24, 2.45) is 52.3 Å². The SMILES string of the molecule is CC(C)CCC[C@@H](C)[C@H]1CC[C@H]2[C@@H]3[C@H](O)C[C@H]4C[C@H](O)CC[C@]4(C)[C@H]3CC[C@]12C. The van der Waals surface area contributed by atoms with E-state index in [4.69, 9.17) is 0 Å². The third-order valence-corrected chi connectivity index (χ3v) is 10.9. The van der Waals surface area contributed by atoms with Gasteiger partial charge in [0.15, 0.2) is 0 Å². The number of hydrogen-bond donors (Lipinski definition) is 2.